The molecule has 0 radical (unpaired) electrons. The third kappa shape index (κ3) is 3.59. The van der Waals surface area contributed by atoms with Gasteiger partial charge < -0.3 is 5.73 Å². The van der Waals surface area contributed by atoms with Crippen molar-refractivity contribution >= 4 is 27.3 Å². The first-order valence-electron chi connectivity index (χ1n) is 5.44. The number of benzene rings is 1. The summed E-state index contributed by atoms with van der Waals surface area (Å²) in [5.41, 5.74) is 5.81. The van der Waals surface area contributed by atoms with Crippen molar-refractivity contribution in [3.8, 4) is 0 Å². The summed E-state index contributed by atoms with van der Waals surface area (Å²) in [7, 11) is -3.65. The highest BCUT2D eigenvalue weighted by Gasteiger charge is 2.22. The lowest BCUT2D eigenvalue weighted by Crippen LogP contribution is -2.33. The highest BCUT2D eigenvalue weighted by Crippen LogP contribution is 2.27. The zero-order valence-electron chi connectivity index (χ0n) is 9.90. The number of rotatable bonds is 5. The molecule has 1 atom stereocenters. The van der Waals surface area contributed by atoms with Crippen LogP contribution in [-0.4, -0.2) is 14.5 Å². The topological polar surface area (TPSA) is 72.2 Å². The molecule has 0 amide bonds. The minimum atomic E-state index is -3.65. The summed E-state index contributed by atoms with van der Waals surface area (Å²) >= 11 is 5.88. The molecule has 1 unspecified atom stereocenters. The van der Waals surface area contributed by atoms with Crippen LogP contribution in [-0.2, 0) is 10.0 Å². The normalized spacial score (nSPS) is 13.6. The summed E-state index contributed by atoms with van der Waals surface area (Å²) < 4.78 is 26.7. The first kappa shape index (κ1) is 14.3. The molecule has 1 rings (SSSR count). The molecule has 1 aromatic carbocycles. The molecular formula is C11H17ClN2O2S. The predicted octanol–water partition coefficient (Wildman–Crippen LogP) is 2.39. The maximum absolute atomic E-state index is 12.1. The summed E-state index contributed by atoms with van der Waals surface area (Å²) in [6, 6.07) is 4.51. The second-order valence-corrected chi connectivity index (χ2v) is 6.03. The molecule has 0 saturated carbocycles. The average molecular weight is 277 g/mol. The fourth-order valence-electron chi connectivity index (χ4n) is 1.62. The Balaban J connectivity index is 3.06. The van der Waals surface area contributed by atoms with Gasteiger partial charge >= 0.3 is 0 Å². The molecule has 0 bridgehead atoms. The van der Waals surface area contributed by atoms with E-state index in [1.165, 1.54) is 12.1 Å². The van der Waals surface area contributed by atoms with Gasteiger partial charge in [-0.3, -0.25) is 0 Å². The zero-order chi connectivity index (χ0) is 13.1. The van der Waals surface area contributed by atoms with E-state index in [0.717, 1.165) is 12.8 Å². The number of nitrogen functional groups attached to an aromatic ring is 1. The van der Waals surface area contributed by atoms with Crippen molar-refractivity contribution in [2.45, 2.75) is 37.6 Å². The molecule has 0 aliphatic heterocycles. The molecule has 3 N–H and O–H groups in total. The molecule has 6 heteroatoms. The molecule has 1 aromatic rings. The molecule has 0 saturated heterocycles. The molecule has 0 heterocycles. The van der Waals surface area contributed by atoms with Gasteiger partial charge in [-0.15, -0.1) is 0 Å². The molecule has 0 aliphatic rings. The Morgan fingerprint density at radius 3 is 2.65 bits per heavy atom. The molecule has 0 fully saturated rings. The second kappa shape index (κ2) is 5.71. The molecule has 4 nitrogen and oxygen atoms in total. The third-order valence-corrected chi connectivity index (χ3v) is 4.48. The molecule has 96 valence electrons. The van der Waals surface area contributed by atoms with Gasteiger partial charge in [0.15, 0.2) is 0 Å². The number of hydrogen-bond acceptors (Lipinski definition) is 3. The van der Waals surface area contributed by atoms with Crippen molar-refractivity contribution < 1.29 is 8.42 Å². The Morgan fingerprint density at radius 2 is 2.12 bits per heavy atom. The van der Waals surface area contributed by atoms with Crippen molar-refractivity contribution in [1.29, 1.82) is 0 Å². The third-order valence-electron chi connectivity index (χ3n) is 2.34. The number of sulfonamides is 1. The number of nitrogens with one attached hydrogen (secondary N) is 1. The van der Waals surface area contributed by atoms with E-state index >= 15 is 0 Å². The first-order valence-corrected chi connectivity index (χ1v) is 7.31. The van der Waals surface area contributed by atoms with Crippen molar-refractivity contribution in [2.24, 2.45) is 0 Å². The number of hydrogen-bond donors (Lipinski definition) is 2. The highest BCUT2D eigenvalue weighted by atomic mass is 35.5. The van der Waals surface area contributed by atoms with E-state index < -0.39 is 10.0 Å². The maximum atomic E-state index is 12.1. The van der Waals surface area contributed by atoms with E-state index in [1.54, 1.807) is 6.07 Å². The van der Waals surface area contributed by atoms with E-state index in [9.17, 15) is 8.42 Å². The van der Waals surface area contributed by atoms with Crippen LogP contribution >= 0.6 is 11.6 Å². The van der Waals surface area contributed by atoms with Crippen LogP contribution in [0.4, 0.5) is 5.69 Å². The van der Waals surface area contributed by atoms with Crippen LogP contribution in [0.1, 0.15) is 26.7 Å². The monoisotopic (exact) mass is 276 g/mol. The van der Waals surface area contributed by atoms with E-state index in [1.807, 2.05) is 13.8 Å². The summed E-state index contributed by atoms with van der Waals surface area (Å²) in [6.07, 6.45) is 1.67. The molecule has 0 aromatic heterocycles. The van der Waals surface area contributed by atoms with Gasteiger partial charge in [-0.2, -0.15) is 0 Å². The van der Waals surface area contributed by atoms with Crippen molar-refractivity contribution in [2.75, 3.05) is 5.73 Å². The lowest BCUT2D eigenvalue weighted by atomic mass is 10.2. The van der Waals surface area contributed by atoms with Crippen LogP contribution in [0, 0.1) is 0 Å². The van der Waals surface area contributed by atoms with Crippen LogP contribution < -0.4 is 10.5 Å². The summed E-state index contributed by atoms with van der Waals surface area (Å²) in [5.74, 6) is 0. The summed E-state index contributed by atoms with van der Waals surface area (Å²) in [5, 5.41) is 0.140. The summed E-state index contributed by atoms with van der Waals surface area (Å²) in [6.45, 7) is 3.81. The molecular weight excluding hydrogens is 260 g/mol. The van der Waals surface area contributed by atoms with E-state index in [-0.39, 0.29) is 21.6 Å². The number of halogens is 1. The molecule has 0 spiro atoms. The Morgan fingerprint density at radius 1 is 1.47 bits per heavy atom. The van der Waals surface area contributed by atoms with E-state index in [0.29, 0.717) is 0 Å². The van der Waals surface area contributed by atoms with Gasteiger partial charge in [0.25, 0.3) is 0 Å². The average Bonchev–Trinajstić information content (AvgIpc) is 2.15. The van der Waals surface area contributed by atoms with E-state index in [2.05, 4.69) is 4.72 Å². The molecule has 0 aliphatic carbocycles. The standard InChI is InChI=1S/C11H17ClN2O2S/c1-3-5-8(2)14-17(15,16)11-9(12)6-4-7-10(11)13/h4,6-8,14H,3,5,13H2,1-2H3. The largest absolute Gasteiger partial charge is 0.398 e. The first-order chi connectivity index (χ1) is 7.88. The van der Waals surface area contributed by atoms with Gasteiger partial charge in [-0.1, -0.05) is 31.0 Å². The zero-order valence-corrected chi connectivity index (χ0v) is 11.5. The lowest BCUT2D eigenvalue weighted by molar-refractivity contribution is 0.544. The van der Waals surface area contributed by atoms with Gasteiger partial charge in [-0.25, -0.2) is 13.1 Å². The van der Waals surface area contributed by atoms with Crippen LogP contribution in [0.15, 0.2) is 23.1 Å². The number of anilines is 1. The highest BCUT2D eigenvalue weighted by molar-refractivity contribution is 7.89. The Bertz CT molecular complexity index is 468. The van der Waals surface area contributed by atoms with Gasteiger partial charge in [0.1, 0.15) is 4.90 Å². The van der Waals surface area contributed by atoms with Gasteiger partial charge in [0, 0.05) is 6.04 Å². The second-order valence-electron chi connectivity index (χ2n) is 3.97. The summed E-state index contributed by atoms with van der Waals surface area (Å²) in [4.78, 5) is -0.0374. The Hall–Kier alpha value is -0.780. The van der Waals surface area contributed by atoms with E-state index in [4.69, 9.17) is 17.3 Å². The predicted molar refractivity (Wildman–Crippen MR) is 70.6 cm³/mol. The van der Waals surface area contributed by atoms with Crippen molar-refractivity contribution in [1.82, 2.24) is 4.72 Å². The molecule has 17 heavy (non-hydrogen) atoms. The van der Waals surface area contributed by atoms with Crippen molar-refractivity contribution in [3.63, 3.8) is 0 Å². The SMILES string of the molecule is CCCC(C)NS(=O)(=O)c1c(N)cccc1Cl. The Kier molecular flexibility index (Phi) is 4.80. The van der Waals surface area contributed by atoms with Crippen LogP contribution in [0.2, 0.25) is 5.02 Å². The van der Waals surface area contributed by atoms with Crippen LogP contribution in [0.5, 0.6) is 0 Å². The van der Waals surface area contributed by atoms with Crippen LogP contribution in [0.3, 0.4) is 0 Å². The van der Waals surface area contributed by atoms with Gasteiger partial charge in [-0.05, 0) is 25.5 Å². The fourth-order valence-corrected chi connectivity index (χ4v) is 3.58. The number of nitrogens with two attached hydrogens (primary N) is 1. The van der Waals surface area contributed by atoms with Crippen LogP contribution in [0.25, 0.3) is 0 Å². The quantitative estimate of drug-likeness (QED) is 0.811. The maximum Gasteiger partial charge on any atom is 0.244 e. The lowest BCUT2D eigenvalue weighted by Gasteiger charge is -2.15. The smallest absolute Gasteiger partial charge is 0.244 e. The Labute approximate surface area is 107 Å². The minimum absolute atomic E-state index is 0.0374. The minimum Gasteiger partial charge on any atom is -0.398 e. The fraction of sp³-hybridized carbons (Fsp3) is 0.455. The van der Waals surface area contributed by atoms with Gasteiger partial charge in [0.2, 0.25) is 10.0 Å². The van der Waals surface area contributed by atoms with Gasteiger partial charge in [0.05, 0.1) is 10.7 Å². The van der Waals surface area contributed by atoms with Crippen molar-refractivity contribution in [3.05, 3.63) is 23.2 Å².